The molecule has 1 rings (SSSR count). The summed E-state index contributed by atoms with van der Waals surface area (Å²) in [6.45, 7) is 6.14. The first kappa shape index (κ1) is 17.0. The number of halogens is 1. The Morgan fingerprint density at radius 1 is 1.40 bits per heavy atom. The van der Waals surface area contributed by atoms with Gasteiger partial charge in [-0.3, -0.25) is 4.79 Å². The summed E-state index contributed by atoms with van der Waals surface area (Å²) in [5.41, 5.74) is -0.0234. The number of hydrogen-bond acceptors (Lipinski definition) is 5. The molecule has 0 aromatic carbocycles. The van der Waals surface area contributed by atoms with E-state index in [1.54, 1.807) is 6.92 Å². The lowest BCUT2D eigenvalue weighted by atomic mass is 10.2. The highest BCUT2D eigenvalue weighted by Crippen LogP contribution is 2.17. The summed E-state index contributed by atoms with van der Waals surface area (Å²) in [4.78, 5) is 12.0. The van der Waals surface area contributed by atoms with E-state index < -0.39 is 9.84 Å². The summed E-state index contributed by atoms with van der Waals surface area (Å²) in [6.07, 6.45) is 2.61. The maximum Gasteiger partial charge on any atom is 0.287 e. The molecule has 1 heterocycles. The van der Waals surface area contributed by atoms with Crippen molar-refractivity contribution >= 4 is 27.1 Å². The van der Waals surface area contributed by atoms with Crippen molar-refractivity contribution in [1.82, 2.24) is 9.78 Å². The molecule has 0 saturated heterocycles. The molecule has 1 atom stereocenters. The Balaban J connectivity index is 2.93. The van der Waals surface area contributed by atoms with Crippen LogP contribution in [0.1, 0.15) is 20.8 Å². The van der Waals surface area contributed by atoms with Crippen LogP contribution in [0.3, 0.4) is 0 Å². The van der Waals surface area contributed by atoms with Crippen molar-refractivity contribution in [1.29, 1.82) is 0 Å². The second kappa shape index (κ2) is 6.58. The van der Waals surface area contributed by atoms with Crippen LogP contribution in [0.2, 0.25) is 5.02 Å². The minimum Gasteiger partial charge on any atom is -0.379 e. The van der Waals surface area contributed by atoms with Gasteiger partial charge in [0.1, 0.15) is 14.9 Å². The van der Waals surface area contributed by atoms with Crippen LogP contribution in [0.4, 0.5) is 5.69 Å². The molecule has 0 fully saturated rings. The number of anilines is 1. The van der Waals surface area contributed by atoms with Gasteiger partial charge in [0.05, 0.1) is 17.6 Å². The molecule has 114 valence electrons. The Bertz CT molecular complexity index is 625. The van der Waals surface area contributed by atoms with Gasteiger partial charge in [-0.15, -0.1) is 0 Å². The number of hydrogen-bond donors (Lipinski definition) is 1. The molecule has 0 aliphatic carbocycles. The molecule has 1 aromatic heterocycles. The summed E-state index contributed by atoms with van der Waals surface area (Å²) in [5, 5.41) is 6.97. The number of rotatable bonds is 6. The predicted molar refractivity (Wildman–Crippen MR) is 81.1 cm³/mol. The van der Waals surface area contributed by atoms with Crippen LogP contribution in [-0.4, -0.2) is 36.2 Å². The van der Waals surface area contributed by atoms with Gasteiger partial charge in [-0.2, -0.15) is 5.10 Å². The summed E-state index contributed by atoms with van der Waals surface area (Å²) >= 11 is 6.01. The van der Waals surface area contributed by atoms with Gasteiger partial charge in [-0.1, -0.05) is 25.4 Å². The van der Waals surface area contributed by atoms with Crippen molar-refractivity contribution < 1.29 is 8.42 Å². The van der Waals surface area contributed by atoms with Crippen LogP contribution < -0.4 is 10.9 Å². The van der Waals surface area contributed by atoms with E-state index in [9.17, 15) is 13.2 Å². The standard InChI is InChI=1S/C12H20ClN3O3S/c1-8(2)6-16-12(17)11(13)10(5-14-16)15-9(3)7-20(4,18)19/h5,8-9,15H,6-7H2,1-4H3. The predicted octanol–water partition coefficient (Wildman–Crippen LogP) is 1.40. The van der Waals surface area contributed by atoms with E-state index in [1.165, 1.54) is 10.9 Å². The SMILES string of the molecule is CC(C)Cn1ncc(NC(C)CS(C)(=O)=O)c(Cl)c1=O. The molecule has 0 amide bonds. The highest BCUT2D eigenvalue weighted by molar-refractivity contribution is 7.90. The second-order valence-electron chi connectivity index (χ2n) is 5.39. The average molecular weight is 322 g/mol. The van der Waals surface area contributed by atoms with E-state index in [1.807, 2.05) is 13.8 Å². The van der Waals surface area contributed by atoms with Crippen LogP contribution in [0.25, 0.3) is 0 Å². The van der Waals surface area contributed by atoms with Gasteiger partial charge in [0.15, 0.2) is 0 Å². The van der Waals surface area contributed by atoms with Gasteiger partial charge in [0, 0.05) is 18.8 Å². The molecule has 0 aliphatic rings. The van der Waals surface area contributed by atoms with E-state index in [-0.39, 0.29) is 28.3 Å². The molecule has 1 unspecified atom stereocenters. The summed E-state index contributed by atoms with van der Waals surface area (Å²) in [6, 6.07) is -0.357. The van der Waals surface area contributed by atoms with Gasteiger partial charge in [0.2, 0.25) is 0 Å². The van der Waals surface area contributed by atoms with Gasteiger partial charge in [0.25, 0.3) is 5.56 Å². The Labute approximate surface area is 124 Å². The van der Waals surface area contributed by atoms with Crippen molar-refractivity contribution in [3.05, 3.63) is 21.6 Å². The van der Waals surface area contributed by atoms with Crippen molar-refractivity contribution in [2.45, 2.75) is 33.4 Å². The molecular weight excluding hydrogens is 302 g/mol. The molecule has 6 nitrogen and oxygen atoms in total. The third-order valence-electron chi connectivity index (χ3n) is 2.48. The topological polar surface area (TPSA) is 81.1 Å². The molecule has 8 heteroatoms. The smallest absolute Gasteiger partial charge is 0.287 e. The van der Waals surface area contributed by atoms with Crippen LogP contribution in [0.5, 0.6) is 0 Å². The zero-order chi connectivity index (χ0) is 15.5. The van der Waals surface area contributed by atoms with E-state index in [4.69, 9.17) is 11.6 Å². The average Bonchev–Trinajstić information content (AvgIpc) is 2.26. The van der Waals surface area contributed by atoms with Crippen molar-refractivity contribution in [3.63, 3.8) is 0 Å². The molecule has 1 aromatic rings. The van der Waals surface area contributed by atoms with Gasteiger partial charge in [-0.25, -0.2) is 13.1 Å². The first-order valence-corrected chi connectivity index (χ1v) is 8.74. The zero-order valence-electron chi connectivity index (χ0n) is 12.1. The molecule has 1 N–H and O–H groups in total. The van der Waals surface area contributed by atoms with E-state index in [0.29, 0.717) is 12.2 Å². The van der Waals surface area contributed by atoms with Crippen LogP contribution in [0, 0.1) is 5.92 Å². The minimum absolute atomic E-state index is 0.0287. The summed E-state index contributed by atoms with van der Waals surface area (Å²) in [7, 11) is -3.10. The quantitative estimate of drug-likeness (QED) is 0.856. The Morgan fingerprint density at radius 2 is 2.00 bits per heavy atom. The molecule has 0 spiro atoms. The number of sulfone groups is 1. The number of nitrogens with one attached hydrogen (secondary N) is 1. The van der Waals surface area contributed by atoms with Crippen molar-refractivity contribution in [3.8, 4) is 0 Å². The molecule has 0 saturated carbocycles. The van der Waals surface area contributed by atoms with Crippen molar-refractivity contribution in [2.24, 2.45) is 5.92 Å². The van der Waals surface area contributed by atoms with E-state index in [2.05, 4.69) is 10.4 Å². The summed E-state index contributed by atoms with van der Waals surface area (Å²) in [5.74, 6) is 0.234. The van der Waals surface area contributed by atoms with Gasteiger partial charge < -0.3 is 5.32 Å². The van der Waals surface area contributed by atoms with E-state index in [0.717, 1.165) is 6.26 Å². The monoisotopic (exact) mass is 321 g/mol. The molecule has 0 bridgehead atoms. The third-order valence-corrected chi connectivity index (χ3v) is 3.95. The maximum atomic E-state index is 12.0. The van der Waals surface area contributed by atoms with E-state index >= 15 is 0 Å². The van der Waals surface area contributed by atoms with Gasteiger partial charge >= 0.3 is 0 Å². The lowest BCUT2D eigenvalue weighted by Crippen LogP contribution is -2.29. The van der Waals surface area contributed by atoms with Crippen molar-refractivity contribution in [2.75, 3.05) is 17.3 Å². The van der Waals surface area contributed by atoms with Crippen LogP contribution >= 0.6 is 11.6 Å². The minimum atomic E-state index is -3.10. The van der Waals surface area contributed by atoms with Gasteiger partial charge in [-0.05, 0) is 12.8 Å². The first-order valence-electron chi connectivity index (χ1n) is 6.30. The highest BCUT2D eigenvalue weighted by atomic mass is 35.5. The molecule has 0 radical (unpaired) electrons. The molecular formula is C12H20ClN3O3S. The Morgan fingerprint density at radius 3 is 2.50 bits per heavy atom. The second-order valence-corrected chi connectivity index (χ2v) is 7.95. The molecule has 0 aliphatic heterocycles. The fourth-order valence-corrected chi connectivity index (χ4v) is 3.00. The summed E-state index contributed by atoms with van der Waals surface area (Å²) < 4.78 is 23.7. The maximum absolute atomic E-state index is 12.0. The molecule has 20 heavy (non-hydrogen) atoms. The lowest BCUT2D eigenvalue weighted by molar-refractivity contribution is 0.464. The third kappa shape index (κ3) is 5.13. The fourth-order valence-electron chi connectivity index (χ4n) is 1.80. The Kier molecular flexibility index (Phi) is 5.59. The normalized spacial score (nSPS) is 13.5. The van der Waals surface area contributed by atoms with Crippen LogP contribution in [-0.2, 0) is 16.4 Å². The van der Waals surface area contributed by atoms with Crippen LogP contribution in [0.15, 0.2) is 11.0 Å². The fraction of sp³-hybridized carbons (Fsp3) is 0.667. The zero-order valence-corrected chi connectivity index (χ0v) is 13.6. The number of nitrogens with zero attached hydrogens (tertiary/aromatic N) is 2. The highest BCUT2D eigenvalue weighted by Gasteiger charge is 2.15. The largest absolute Gasteiger partial charge is 0.379 e. The Hall–Kier alpha value is -1.08. The number of aromatic nitrogens is 2. The first-order chi connectivity index (χ1) is 9.10. The lowest BCUT2D eigenvalue weighted by Gasteiger charge is -2.16.